The normalized spacial score (nSPS) is 11.5. The fourth-order valence-corrected chi connectivity index (χ4v) is 2.95. The lowest BCUT2D eigenvalue weighted by atomic mass is 10.2. The summed E-state index contributed by atoms with van der Waals surface area (Å²) in [7, 11) is 0. The second kappa shape index (κ2) is 8.17. The first kappa shape index (κ1) is 16.0. The lowest BCUT2D eigenvalue weighted by Crippen LogP contribution is -2.22. The Bertz CT molecular complexity index is 621. The van der Waals surface area contributed by atoms with Crippen molar-refractivity contribution in [1.29, 1.82) is 0 Å². The third-order valence-corrected chi connectivity index (χ3v) is 4.07. The van der Waals surface area contributed by atoms with Crippen LogP contribution in [0.4, 0.5) is 0 Å². The number of halogens is 1. The van der Waals surface area contributed by atoms with E-state index in [0.29, 0.717) is 17.4 Å². The number of aliphatic hydroxyl groups is 1. The molecular formula is C14H18ClN3O2S. The summed E-state index contributed by atoms with van der Waals surface area (Å²) in [5, 5.41) is 13.8. The van der Waals surface area contributed by atoms with Gasteiger partial charge in [-0.25, -0.2) is 4.98 Å². The molecule has 2 rings (SSSR count). The molecule has 2 aromatic heterocycles. The molecule has 0 unspecified atom stereocenters. The minimum atomic E-state index is -0.140. The average Bonchev–Trinajstić information content (AvgIpc) is 3.01. The predicted octanol–water partition coefficient (Wildman–Crippen LogP) is 2.73. The van der Waals surface area contributed by atoms with Gasteiger partial charge in [-0.3, -0.25) is 9.20 Å². The molecule has 0 radical (unpaired) electrons. The third kappa shape index (κ3) is 4.56. The maximum absolute atomic E-state index is 11.7. The Morgan fingerprint density at radius 1 is 1.43 bits per heavy atom. The van der Waals surface area contributed by atoms with Crippen molar-refractivity contribution in [3.63, 3.8) is 0 Å². The predicted molar refractivity (Wildman–Crippen MR) is 85.7 cm³/mol. The number of imidazole rings is 1. The summed E-state index contributed by atoms with van der Waals surface area (Å²) in [5.41, 5.74) is 0.714. The molecule has 2 N–H and O–H groups in total. The van der Waals surface area contributed by atoms with Gasteiger partial charge in [0.2, 0.25) is 5.91 Å². The zero-order valence-corrected chi connectivity index (χ0v) is 13.2. The molecular weight excluding hydrogens is 310 g/mol. The molecule has 0 aliphatic carbocycles. The van der Waals surface area contributed by atoms with Gasteiger partial charge in [0.15, 0.2) is 10.1 Å². The Labute approximate surface area is 132 Å². The number of rotatable bonds is 8. The highest BCUT2D eigenvalue weighted by atomic mass is 35.5. The molecule has 114 valence electrons. The topological polar surface area (TPSA) is 66.6 Å². The van der Waals surface area contributed by atoms with Gasteiger partial charge in [0.1, 0.15) is 0 Å². The number of hydrogen-bond donors (Lipinski definition) is 2. The number of carbonyl (C=O) groups excluding carboxylic acids is 1. The smallest absolute Gasteiger partial charge is 0.244 e. The maximum atomic E-state index is 11.7. The number of aliphatic hydroxyl groups excluding tert-OH is 1. The van der Waals surface area contributed by atoms with E-state index >= 15 is 0 Å². The van der Waals surface area contributed by atoms with Crippen molar-refractivity contribution in [3.05, 3.63) is 28.5 Å². The monoisotopic (exact) mass is 327 g/mol. The van der Waals surface area contributed by atoms with Gasteiger partial charge >= 0.3 is 0 Å². The lowest BCUT2D eigenvalue weighted by molar-refractivity contribution is -0.116. The van der Waals surface area contributed by atoms with Gasteiger partial charge in [-0.15, -0.1) is 11.3 Å². The molecule has 21 heavy (non-hydrogen) atoms. The zero-order chi connectivity index (χ0) is 15.1. The highest BCUT2D eigenvalue weighted by Crippen LogP contribution is 2.22. The van der Waals surface area contributed by atoms with Crippen LogP contribution >= 0.6 is 22.9 Å². The van der Waals surface area contributed by atoms with Gasteiger partial charge in [0.05, 0.1) is 5.69 Å². The number of thiazole rings is 1. The minimum absolute atomic E-state index is 0.140. The summed E-state index contributed by atoms with van der Waals surface area (Å²) < 4.78 is 1.85. The molecule has 1 amide bonds. The van der Waals surface area contributed by atoms with Crippen LogP contribution in [0.2, 0.25) is 5.15 Å². The molecule has 0 aliphatic heterocycles. The summed E-state index contributed by atoms with van der Waals surface area (Å²) >= 11 is 7.53. The Hall–Kier alpha value is -1.37. The van der Waals surface area contributed by atoms with Crippen LogP contribution in [0.15, 0.2) is 17.7 Å². The summed E-state index contributed by atoms with van der Waals surface area (Å²) in [5.74, 6) is -0.140. The maximum Gasteiger partial charge on any atom is 0.244 e. The van der Waals surface area contributed by atoms with Crippen LogP contribution in [0.25, 0.3) is 11.0 Å². The number of nitrogens with zero attached hydrogens (tertiary/aromatic N) is 2. The first-order chi connectivity index (χ1) is 10.2. The van der Waals surface area contributed by atoms with Crippen LogP contribution in [0.1, 0.15) is 31.4 Å². The highest BCUT2D eigenvalue weighted by Gasteiger charge is 2.08. The van der Waals surface area contributed by atoms with Gasteiger partial charge in [0, 0.05) is 30.8 Å². The number of carbonyl (C=O) groups is 1. The standard InChI is InChI=1S/C14H18ClN3O2S/c15-13-11(18-8-10-21-14(18)17-13)5-6-12(20)16-7-3-1-2-4-9-19/h5-6,8,10,19H,1-4,7,9H2,(H,16,20)/b6-5+. The van der Waals surface area contributed by atoms with Gasteiger partial charge in [-0.1, -0.05) is 24.4 Å². The summed E-state index contributed by atoms with van der Waals surface area (Å²) in [6, 6.07) is 0. The van der Waals surface area contributed by atoms with Crippen molar-refractivity contribution >= 4 is 39.9 Å². The zero-order valence-electron chi connectivity index (χ0n) is 11.6. The first-order valence-electron chi connectivity index (χ1n) is 6.90. The number of fused-ring (bicyclic) bond motifs is 1. The second-order valence-corrected chi connectivity index (χ2v) is 5.84. The van der Waals surface area contributed by atoms with Crippen molar-refractivity contribution in [2.75, 3.05) is 13.2 Å². The summed E-state index contributed by atoms with van der Waals surface area (Å²) in [6.45, 7) is 0.876. The van der Waals surface area contributed by atoms with Crippen LogP contribution < -0.4 is 5.32 Å². The van der Waals surface area contributed by atoms with Crippen molar-refractivity contribution in [3.8, 4) is 0 Å². The fraction of sp³-hybridized carbons (Fsp3) is 0.429. The fourth-order valence-electron chi connectivity index (χ4n) is 1.94. The summed E-state index contributed by atoms with van der Waals surface area (Å²) in [4.78, 5) is 16.7. The number of amides is 1. The third-order valence-electron chi connectivity index (χ3n) is 3.03. The largest absolute Gasteiger partial charge is 0.396 e. The van der Waals surface area contributed by atoms with E-state index in [-0.39, 0.29) is 12.5 Å². The van der Waals surface area contributed by atoms with Crippen molar-refractivity contribution in [2.24, 2.45) is 0 Å². The molecule has 0 spiro atoms. The van der Waals surface area contributed by atoms with Gasteiger partial charge in [0.25, 0.3) is 0 Å². The molecule has 0 saturated carbocycles. The quantitative estimate of drug-likeness (QED) is 0.578. The number of hydrogen-bond acceptors (Lipinski definition) is 4. The molecule has 0 fully saturated rings. The van der Waals surface area contributed by atoms with E-state index in [9.17, 15) is 4.79 Å². The van der Waals surface area contributed by atoms with Crippen LogP contribution in [-0.4, -0.2) is 33.6 Å². The van der Waals surface area contributed by atoms with E-state index in [0.717, 1.165) is 30.6 Å². The molecule has 2 heterocycles. The number of nitrogens with one attached hydrogen (secondary N) is 1. The van der Waals surface area contributed by atoms with Crippen LogP contribution in [0, 0.1) is 0 Å². The highest BCUT2D eigenvalue weighted by molar-refractivity contribution is 7.15. The van der Waals surface area contributed by atoms with E-state index < -0.39 is 0 Å². The molecule has 0 bridgehead atoms. The van der Waals surface area contributed by atoms with Crippen molar-refractivity contribution in [2.45, 2.75) is 25.7 Å². The Kier molecular flexibility index (Phi) is 6.22. The van der Waals surface area contributed by atoms with Gasteiger partial charge < -0.3 is 10.4 Å². The average molecular weight is 328 g/mol. The Balaban J connectivity index is 1.79. The van der Waals surface area contributed by atoms with E-state index in [1.54, 1.807) is 6.08 Å². The number of unbranched alkanes of at least 4 members (excludes halogenated alkanes) is 3. The lowest BCUT2D eigenvalue weighted by Gasteiger charge is -2.01. The van der Waals surface area contributed by atoms with E-state index in [2.05, 4.69) is 10.3 Å². The molecule has 0 saturated heterocycles. The molecule has 2 aromatic rings. The van der Waals surface area contributed by atoms with Gasteiger partial charge in [-0.2, -0.15) is 0 Å². The van der Waals surface area contributed by atoms with E-state index in [1.165, 1.54) is 17.4 Å². The summed E-state index contributed by atoms with van der Waals surface area (Å²) in [6.07, 6.45) is 8.76. The van der Waals surface area contributed by atoms with Crippen LogP contribution in [-0.2, 0) is 4.79 Å². The SMILES string of the molecule is O=C(/C=C/c1c(Cl)nc2sccn12)NCCCCCCO. The Morgan fingerprint density at radius 3 is 3.05 bits per heavy atom. The van der Waals surface area contributed by atoms with Crippen molar-refractivity contribution in [1.82, 2.24) is 14.7 Å². The molecule has 7 heteroatoms. The van der Waals surface area contributed by atoms with E-state index in [1.807, 2.05) is 16.0 Å². The van der Waals surface area contributed by atoms with Crippen molar-refractivity contribution < 1.29 is 9.90 Å². The van der Waals surface area contributed by atoms with Crippen LogP contribution in [0.5, 0.6) is 0 Å². The van der Waals surface area contributed by atoms with E-state index in [4.69, 9.17) is 16.7 Å². The minimum Gasteiger partial charge on any atom is -0.396 e. The molecule has 0 atom stereocenters. The molecule has 5 nitrogen and oxygen atoms in total. The molecule has 0 aliphatic rings. The second-order valence-electron chi connectivity index (χ2n) is 4.61. The number of aromatic nitrogens is 2. The van der Waals surface area contributed by atoms with Crippen LogP contribution in [0.3, 0.4) is 0 Å². The van der Waals surface area contributed by atoms with Gasteiger partial charge in [-0.05, 0) is 18.9 Å². The molecule has 0 aromatic carbocycles. The first-order valence-corrected chi connectivity index (χ1v) is 8.16. The Morgan fingerprint density at radius 2 is 2.24 bits per heavy atom.